The van der Waals surface area contributed by atoms with Crippen LogP contribution < -0.4 is 11.1 Å². The van der Waals surface area contributed by atoms with E-state index in [-0.39, 0.29) is 30.8 Å². The van der Waals surface area contributed by atoms with Gasteiger partial charge in [0, 0.05) is 3.57 Å². The van der Waals surface area contributed by atoms with Crippen LogP contribution in [0, 0.1) is 21.0 Å². The molecule has 1 fully saturated rings. The lowest BCUT2D eigenvalue weighted by Gasteiger charge is -2.46. The summed E-state index contributed by atoms with van der Waals surface area (Å²) in [5.41, 5.74) is 2.72. The highest BCUT2D eigenvalue weighted by atomic mass is 127. The van der Waals surface area contributed by atoms with Crippen LogP contribution in [0.4, 0.5) is 24.5 Å². The Hall–Kier alpha value is -2.34. The fourth-order valence-electron chi connectivity index (χ4n) is 2.99. The van der Waals surface area contributed by atoms with Crippen molar-refractivity contribution in [3.8, 4) is 0 Å². The number of carbonyl (C=O) groups is 2. The minimum Gasteiger partial charge on any atom is -0.386 e. The molecule has 1 saturated heterocycles. The zero-order valence-electron chi connectivity index (χ0n) is 14.3. The van der Waals surface area contributed by atoms with Crippen molar-refractivity contribution in [2.75, 3.05) is 18.4 Å². The molecule has 2 aromatic carbocycles. The topological polar surface area (TPSA) is 95.7 Å². The van der Waals surface area contributed by atoms with Gasteiger partial charge in [-0.1, -0.05) is 0 Å². The second-order valence-electron chi connectivity index (χ2n) is 6.56. The number of hydrogen-bond donors (Lipinski definition) is 3. The van der Waals surface area contributed by atoms with Crippen molar-refractivity contribution in [3.05, 3.63) is 56.9 Å². The Balaban J connectivity index is 1.89. The third kappa shape index (κ3) is 4.07. The zero-order chi connectivity index (χ0) is 20.6. The van der Waals surface area contributed by atoms with Crippen LogP contribution in [-0.4, -0.2) is 40.5 Å². The Morgan fingerprint density at radius 2 is 1.86 bits per heavy atom. The Bertz CT molecular complexity index is 965. The van der Waals surface area contributed by atoms with Gasteiger partial charge in [0.2, 0.25) is 5.91 Å². The average molecular weight is 505 g/mol. The van der Waals surface area contributed by atoms with E-state index in [0.29, 0.717) is 3.57 Å². The van der Waals surface area contributed by atoms with Gasteiger partial charge in [0.05, 0.1) is 36.4 Å². The van der Waals surface area contributed by atoms with E-state index in [1.165, 1.54) is 12.1 Å². The maximum atomic E-state index is 14.4. The number of nitrogens with zero attached hydrogens (tertiary/aromatic N) is 1. The molecular formula is C18H15F3IN3O3. The predicted octanol–water partition coefficient (Wildman–Crippen LogP) is 2.51. The summed E-state index contributed by atoms with van der Waals surface area (Å²) in [6.07, 6.45) is -0.326. The summed E-state index contributed by atoms with van der Waals surface area (Å²) in [7, 11) is 0. The van der Waals surface area contributed by atoms with Crippen LogP contribution in [0.25, 0.3) is 0 Å². The molecule has 0 unspecified atom stereocenters. The van der Waals surface area contributed by atoms with E-state index < -0.39 is 40.6 Å². The molecule has 0 atom stereocenters. The third-order valence-corrected chi connectivity index (χ3v) is 4.95. The van der Waals surface area contributed by atoms with Crippen LogP contribution in [0.3, 0.4) is 0 Å². The largest absolute Gasteiger partial charge is 0.386 e. The number of likely N-dealkylation sites (tertiary alicyclic amines) is 1. The monoisotopic (exact) mass is 505 g/mol. The molecule has 0 aliphatic carbocycles. The number of primary amides is 1. The molecule has 0 radical (unpaired) electrons. The molecule has 1 heterocycles. The first-order valence-corrected chi connectivity index (χ1v) is 9.17. The summed E-state index contributed by atoms with van der Waals surface area (Å²) in [4.78, 5) is 24.8. The Morgan fingerprint density at radius 3 is 2.46 bits per heavy atom. The fraction of sp³-hybridized carbons (Fsp3) is 0.222. The SMILES string of the molecule is NC(=O)CC1(O)CN(C(=O)c2ccc(F)c(F)c2Nc2ccc(I)cc2F)C1. The number of anilines is 2. The number of carbonyl (C=O) groups excluding carboxylic acids is 2. The number of rotatable bonds is 5. The molecule has 1 aliphatic rings. The van der Waals surface area contributed by atoms with Gasteiger partial charge in [-0.2, -0.15) is 0 Å². The van der Waals surface area contributed by atoms with E-state index in [4.69, 9.17) is 5.73 Å². The van der Waals surface area contributed by atoms with Gasteiger partial charge < -0.3 is 21.1 Å². The van der Waals surface area contributed by atoms with Crippen LogP contribution in [0.5, 0.6) is 0 Å². The minimum atomic E-state index is -1.45. The first-order valence-electron chi connectivity index (χ1n) is 8.10. The highest BCUT2D eigenvalue weighted by Gasteiger charge is 2.45. The van der Waals surface area contributed by atoms with Crippen LogP contribution in [0.2, 0.25) is 0 Å². The normalized spacial score (nSPS) is 15.1. The highest BCUT2D eigenvalue weighted by molar-refractivity contribution is 14.1. The molecule has 0 saturated carbocycles. The standard InChI is InChI=1S/C18H15F3IN3O3/c19-11-3-2-10(17(27)25-7-18(28,8-25)6-14(23)26)16(15(11)21)24-13-4-1-9(22)5-12(13)20/h1-5,24,28H,6-8H2,(H2,23,26). The minimum absolute atomic E-state index is 0.132. The zero-order valence-corrected chi connectivity index (χ0v) is 16.5. The molecule has 0 bridgehead atoms. The number of β-amino-alcohol motifs (C(OH)–C–C–N with tert-alkyl or cyclic N) is 1. The van der Waals surface area contributed by atoms with E-state index in [9.17, 15) is 27.9 Å². The van der Waals surface area contributed by atoms with Gasteiger partial charge in [-0.25, -0.2) is 13.2 Å². The van der Waals surface area contributed by atoms with Gasteiger partial charge in [0.1, 0.15) is 11.4 Å². The molecule has 28 heavy (non-hydrogen) atoms. The molecular weight excluding hydrogens is 490 g/mol. The molecule has 10 heteroatoms. The van der Waals surface area contributed by atoms with Gasteiger partial charge in [-0.15, -0.1) is 0 Å². The van der Waals surface area contributed by atoms with Crippen molar-refractivity contribution in [2.45, 2.75) is 12.0 Å². The number of hydrogen-bond acceptors (Lipinski definition) is 4. The number of nitrogens with two attached hydrogens (primary N) is 1. The molecule has 2 aromatic rings. The first kappa shape index (κ1) is 20.4. The second-order valence-corrected chi connectivity index (χ2v) is 7.81. The lowest BCUT2D eigenvalue weighted by Crippen LogP contribution is -2.64. The van der Waals surface area contributed by atoms with E-state index in [1.807, 2.05) is 22.6 Å². The summed E-state index contributed by atoms with van der Waals surface area (Å²) in [5.74, 6) is -4.68. The predicted molar refractivity (Wildman–Crippen MR) is 103 cm³/mol. The van der Waals surface area contributed by atoms with Crippen molar-refractivity contribution in [2.24, 2.45) is 5.73 Å². The summed E-state index contributed by atoms with van der Waals surface area (Å²) in [6.45, 7) is -0.379. The van der Waals surface area contributed by atoms with Crippen molar-refractivity contribution < 1.29 is 27.9 Å². The third-order valence-electron chi connectivity index (χ3n) is 4.28. The molecule has 3 rings (SSSR count). The number of nitrogens with one attached hydrogen (secondary N) is 1. The molecule has 0 aromatic heterocycles. The maximum Gasteiger partial charge on any atom is 0.256 e. The van der Waals surface area contributed by atoms with E-state index in [2.05, 4.69) is 5.32 Å². The lowest BCUT2D eigenvalue weighted by molar-refractivity contribution is -0.131. The lowest BCUT2D eigenvalue weighted by atomic mass is 9.89. The van der Waals surface area contributed by atoms with Gasteiger partial charge >= 0.3 is 0 Å². The number of halogens is 4. The van der Waals surface area contributed by atoms with Gasteiger partial charge in [0.25, 0.3) is 5.91 Å². The number of benzene rings is 2. The average Bonchev–Trinajstić information content (AvgIpc) is 2.57. The maximum absolute atomic E-state index is 14.4. The summed E-state index contributed by atoms with van der Waals surface area (Å²) in [5, 5.41) is 12.6. The van der Waals surface area contributed by atoms with Gasteiger partial charge in [-0.3, -0.25) is 9.59 Å². The Kier molecular flexibility index (Phi) is 5.53. The smallest absolute Gasteiger partial charge is 0.256 e. The summed E-state index contributed by atoms with van der Waals surface area (Å²) >= 11 is 1.90. The second kappa shape index (κ2) is 7.59. The number of aliphatic hydroxyl groups is 1. The molecule has 148 valence electrons. The Labute approximate surface area is 171 Å². The van der Waals surface area contributed by atoms with Crippen LogP contribution in [-0.2, 0) is 4.79 Å². The summed E-state index contributed by atoms with van der Waals surface area (Å²) < 4.78 is 42.8. The summed E-state index contributed by atoms with van der Waals surface area (Å²) in [6, 6.07) is 5.95. The van der Waals surface area contributed by atoms with Crippen LogP contribution in [0.15, 0.2) is 30.3 Å². The van der Waals surface area contributed by atoms with E-state index >= 15 is 0 Å². The van der Waals surface area contributed by atoms with Crippen LogP contribution in [0.1, 0.15) is 16.8 Å². The van der Waals surface area contributed by atoms with Crippen molar-refractivity contribution in [1.82, 2.24) is 4.90 Å². The molecule has 0 spiro atoms. The Morgan fingerprint density at radius 1 is 1.18 bits per heavy atom. The molecule has 2 amide bonds. The fourth-order valence-corrected chi connectivity index (χ4v) is 3.44. The van der Waals surface area contributed by atoms with Gasteiger partial charge in [0.15, 0.2) is 11.6 Å². The first-order chi connectivity index (χ1) is 13.1. The van der Waals surface area contributed by atoms with Crippen molar-refractivity contribution in [3.63, 3.8) is 0 Å². The van der Waals surface area contributed by atoms with E-state index in [1.54, 1.807) is 6.07 Å². The van der Waals surface area contributed by atoms with Crippen molar-refractivity contribution >= 4 is 45.8 Å². The van der Waals surface area contributed by atoms with Crippen molar-refractivity contribution in [1.29, 1.82) is 0 Å². The van der Waals surface area contributed by atoms with Gasteiger partial charge in [-0.05, 0) is 52.9 Å². The molecule has 6 nitrogen and oxygen atoms in total. The molecule has 1 aliphatic heterocycles. The highest BCUT2D eigenvalue weighted by Crippen LogP contribution is 2.32. The molecule has 4 N–H and O–H groups in total. The van der Waals surface area contributed by atoms with Crippen LogP contribution >= 0.6 is 22.6 Å². The quantitative estimate of drug-likeness (QED) is 0.545. The number of amides is 2. The van der Waals surface area contributed by atoms with E-state index in [0.717, 1.165) is 17.0 Å².